The molecule has 3 atom stereocenters. The molecule has 0 spiro atoms. The standard InChI is InChI=1S/C31H40ClF3N4O3/c1-37-14-10-22(11-15-37)39(29(40)36-21-6-7-25(32)24(18-21)31(33,34)35)23-9-12-30(13-16-38(2)28(30)19-23)20-5-8-26(41-3)27(17-20)42-4/h5-8,17-18,22-23,28H,9-16,19H2,1-4H3,(H,36,40)/t23-,28+,30-/m0/s1. The van der Waals surface area contributed by atoms with Gasteiger partial charge in [-0.2, -0.15) is 13.2 Å². The lowest BCUT2D eigenvalue weighted by atomic mass is 9.64. The number of nitrogens with one attached hydrogen (secondary N) is 1. The SMILES string of the molecule is COc1ccc([C@@]23CC[C@H](N(C(=O)Nc4ccc(Cl)c(C(F)(F)F)c4)C4CCN(C)CC4)C[C@H]2N(C)CC3)cc1OC. The van der Waals surface area contributed by atoms with Crippen LogP contribution in [0.25, 0.3) is 0 Å². The van der Waals surface area contributed by atoms with Crippen LogP contribution in [0.5, 0.6) is 11.5 Å². The van der Waals surface area contributed by atoms with E-state index in [9.17, 15) is 18.0 Å². The Balaban J connectivity index is 1.43. The number of piperidine rings is 1. The van der Waals surface area contributed by atoms with E-state index in [1.165, 1.54) is 17.7 Å². The van der Waals surface area contributed by atoms with Crippen molar-refractivity contribution in [1.29, 1.82) is 0 Å². The number of anilines is 1. The van der Waals surface area contributed by atoms with Gasteiger partial charge in [0.15, 0.2) is 11.5 Å². The first-order valence-corrected chi connectivity index (χ1v) is 14.9. The second kappa shape index (κ2) is 12.1. The van der Waals surface area contributed by atoms with E-state index in [2.05, 4.69) is 41.3 Å². The Labute approximate surface area is 250 Å². The number of likely N-dealkylation sites (N-methyl/N-ethyl adjacent to an activating group) is 1. The highest BCUT2D eigenvalue weighted by Crippen LogP contribution is 2.51. The normalized spacial score (nSPS) is 25.6. The second-order valence-electron chi connectivity index (χ2n) is 12.0. The van der Waals surface area contributed by atoms with Crippen LogP contribution in [0.3, 0.4) is 0 Å². The van der Waals surface area contributed by atoms with E-state index in [-0.39, 0.29) is 35.3 Å². The molecule has 0 unspecified atom stereocenters. The van der Waals surface area contributed by atoms with Crippen molar-refractivity contribution in [2.45, 2.75) is 68.2 Å². The summed E-state index contributed by atoms with van der Waals surface area (Å²) in [5.74, 6) is 1.39. The predicted octanol–water partition coefficient (Wildman–Crippen LogP) is 6.50. The molecule has 2 heterocycles. The Hall–Kier alpha value is -2.69. The summed E-state index contributed by atoms with van der Waals surface area (Å²) in [7, 11) is 7.48. The van der Waals surface area contributed by atoms with Crippen molar-refractivity contribution < 1.29 is 27.4 Å². The summed E-state index contributed by atoms with van der Waals surface area (Å²) in [4.78, 5) is 20.5. The van der Waals surface area contributed by atoms with Gasteiger partial charge < -0.3 is 29.5 Å². The third kappa shape index (κ3) is 5.90. The largest absolute Gasteiger partial charge is 0.493 e. The van der Waals surface area contributed by atoms with Crippen LogP contribution >= 0.6 is 11.6 Å². The molecule has 230 valence electrons. The van der Waals surface area contributed by atoms with Gasteiger partial charge in [-0.15, -0.1) is 0 Å². The van der Waals surface area contributed by atoms with Crippen LogP contribution in [0.2, 0.25) is 5.02 Å². The monoisotopic (exact) mass is 608 g/mol. The van der Waals surface area contributed by atoms with Crippen LogP contribution in [-0.2, 0) is 11.6 Å². The number of alkyl halides is 3. The molecule has 11 heteroatoms. The minimum atomic E-state index is -4.62. The zero-order valence-electron chi connectivity index (χ0n) is 24.6. The number of carbonyl (C=O) groups is 1. The summed E-state index contributed by atoms with van der Waals surface area (Å²) < 4.78 is 51.7. The van der Waals surface area contributed by atoms with Gasteiger partial charge in [0.25, 0.3) is 0 Å². The second-order valence-corrected chi connectivity index (χ2v) is 12.4. The molecule has 1 saturated carbocycles. The summed E-state index contributed by atoms with van der Waals surface area (Å²) in [5.41, 5.74) is 0.252. The number of hydrogen-bond acceptors (Lipinski definition) is 5. The van der Waals surface area contributed by atoms with Crippen LogP contribution in [0.4, 0.5) is 23.7 Å². The number of ether oxygens (including phenoxy) is 2. The molecule has 2 amide bonds. The van der Waals surface area contributed by atoms with Crippen LogP contribution in [0, 0.1) is 0 Å². The molecule has 0 bridgehead atoms. The van der Waals surface area contributed by atoms with Gasteiger partial charge >= 0.3 is 12.2 Å². The Morgan fingerprint density at radius 1 is 0.976 bits per heavy atom. The number of methoxy groups -OCH3 is 2. The van der Waals surface area contributed by atoms with Crippen molar-refractivity contribution in [3.05, 3.63) is 52.5 Å². The van der Waals surface area contributed by atoms with Gasteiger partial charge in [0.05, 0.1) is 24.8 Å². The van der Waals surface area contributed by atoms with Gasteiger partial charge in [0, 0.05) is 29.2 Å². The van der Waals surface area contributed by atoms with Crippen molar-refractivity contribution in [2.24, 2.45) is 0 Å². The number of benzene rings is 2. The number of fused-ring (bicyclic) bond motifs is 1. The third-order valence-corrected chi connectivity index (χ3v) is 10.0. The maximum absolute atomic E-state index is 14.0. The average molecular weight is 609 g/mol. The topological polar surface area (TPSA) is 57.3 Å². The van der Waals surface area contributed by atoms with Gasteiger partial charge in [-0.05, 0) is 108 Å². The molecular formula is C31H40ClF3N4O3. The third-order valence-electron chi connectivity index (χ3n) is 9.69. The first kappa shape index (κ1) is 30.8. The molecule has 2 aliphatic heterocycles. The minimum absolute atomic E-state index is 0.000811. The molecule has 0 radical (unpaired) electrons. The zero-order valence-corrected chi connectivity index (χ0v) is 25.4. The highest BCUT2D eigenvalue weighted by molar-refractivity contribution is 6.31. The fraction of sp³-hybridized carbons (Fsp3) is 0.581. The minimum Gasteiger partial charge on any atom is -0.493 e. The van der Waals surface area contributed by atoms with E-state index in [1.54, 1.807) is 14.2 Å². The summed E-state index contributed by atoms with van der Waals surface area (Å²) in [6.07, 6.45) is 0.479. The van der Waals surface area contributed by atoms with Crippen molar-refractivity contribution >= 4 is 23.3 Å². The predicted molar refractivity (Wildman–Crippen MR) is 158 cm³/mol. The van der Waals surface area contributed by atoms with Crippen molar-refractivity contribution in [2.75, 3.05) is 53.3 Å². The molecular weight excluding hydrogens is 569 g/mol. The van der Waals surface area contributed by atoms with Crippen LogP contribution < -0.4 is 14.8 Å². The van der Waals surface area contributed by atoms with E-state index in [4.69, 9.17) is 21.1 Å². The van der Waals surface area contributed by atoms with Crippen LogP contribution in [0.1, 0.15) is 49.7 Å². The lowest BCUT2D eigenvalue weighted by Crippen LogP contribution is -2.58. The van der Waals surface area contributed by atoms with E-state index < -0.39 is 16.8 Å². The van der Waals surface area contributed by atoms with Gasteiger partial charge in [0.2, 0.25) is 0 Å². The highest BCUT2D eigenvalue weighted by Gasteiger charge is 2.52. The van der Waals surface area contributed by atoms with Crippen LogP contribution in [-0.4, -0.2) is 86.8 Å². The smallest absolute Gasteiger partial charge is 0.417 e. The number of halogens is 4. The maximum atomic E-state index is 14.0. The maximum Gasteiger partial charge on any atom is 0.417 e. The fourth-order valence-corrected chi connectivity index (χ4v) is 7.63. The molecule has 2 aromatic rings. The van der Waals surface area contributed by atoms with E-state index >= 15 is 0 Å². The van der Waals surface area contributed by atoms with Gasteiger partial charge in [-0.25, -0.2) is 4.79 Å². The van der Waals surface area contributed by atoms with Crippen molar-refractivity contribution in [3.8, 4) is 11.5 Å². The molecule has 2 saturated heterocycles. The molecule has 42 heavy (non-hydrogen) atoms. The first-order chi connectivity index (χ1) is 20.0. The molecule has 5 rings (SSSR count). The van der Waals surface area contributed by atoms with E-state index in [1.807, 2.05) is 11.0 Å². The molecule has 3 fully saturated rings. The van der Waals surface area contributed by atoms with Crippen molar-refractivity contribution in [3.63, 3.8) is 0 Å². The lowest BCUT2D eigenvalue weighted by Gasteiger charge is -2.50. The molecule has 7 nitrogen and oxygen atoms in total. The molecule has 1 N–H and O–H groups in total. The number of nitrogens with zero attached hydrogens (tertiary/aromatic N) is 3. The number of likely N-dealkylation sites (tertiary alicyclic amines) is 2. The summed E-state index contributed by atoms with van der Waals surface area (Å²) in [5, 5.41) is 2.41. The summed E-state index contributed by atoms with van der Waals surface area (Å²) >= 11 is 5.83. The highest BCUT2D eigenvalue weighted by atomic mass is 35.5. The number of hydrogen-bond donors (Lipinski definition) is 1. The Morgan fingerprint density at radius 3 is 2.36 bits per heavy atom. The van der Waals surface area contributed by atoms with Crippen LogP contribution in [0.15, 0.2) is 36.4 Å². The molecule has 0 aromatic heterocycles. The Bertz CT molecular complexity index is 1290. The number of urea groups is 1. The number of carbonyl (C=O) groups excluding carboxylic acids is 1. The zero-order chi connectivity index (χ0) is 30.2. The quantitative estimate of drug-likeness (QED) is 0.406. The van der Waals surface area contributed by atoms with Gasteiger partial charge in [0.1, 0.15) is 0 Å². The first-order valence-electron chi connectivity index (χ1n) is 14.5. The Morgan fingerprint density at radius 2 is 1.69 bits per heavy atom. The summed E-state index contributed by atoms with van der Waals surface area (Å²) in [6, 6.07) is 9.51. The number of rotatable bonds is 6. The van der Waals surface area contributed by atoms with Crippen molar-refractivity contribution in [1.82, 2.24) is 14.7 Å². The Kier molecular flexibility index (Phi) is 8.88. The number of amides is 2. The molecule has 2 aromatic carbocycles. The van der Waals surface area contributed by atoms with E-state index in [0.29, 0.717) is 11.5 Å². The van der Waals surface area contributed by atoms with Gasteiger partial charge in [-0.3, -0.25) is 0 Å². The molecule has 1 aliphatic carbocycles. The molecule has 3 aliphatic rings. The average Bonchev–Trinajstić information content (AvgIpc) is 3.31. The summed E-state index contributed by atoms with van der Waals surface area (Å²) in [6.45, 7) is 2.66. The fourth-order valence-electron chi connectivity index (χ4n) is 7.41. The van der Waals surface area contributed by atoms with E-state index in [0.717, 1.165) is 64.2 Å². The van der Waals surface area contributed by atoms with Gasteiger partial charge in [-0.1, -0.05) is 17.7 Å². The lowest BCUT2D eigenvalue weighted by molar-refractivity contribution is -0.137.